The molecule has 0 saturated heterocycles. The molecule has 2 nitrogen and oxygen atoms in total. The van der Waals surface area contributed by atoms with E-state index in [1.54, 1.807) is 0 Å². The predicted molar refractivity (Wildman–Crippen MR) is 254 cm³/mol. The van der Waals surface area contributed by atoms with E-state index in [-0.39, 0.29) is 0 Å². The van der Waals surface area contributed by atoms with Crippen molar-refractivity contribution < 1.29 is 4.42 Å². The van der Waals surface area contributed by atoms with Crippen LogP contribution >= 0.6 is 0 Å². The van der Waals surface area contributed by atoms with E-state index in [4.69, 9.17) is 4.42 Å². The first-order valence-electron chi connectivity index (χ1n) is 20.6. The van der Waals surface area contributed by atoms with E-state index < -0.39 is 0 Å². The summed E-state index contributed by atoms with van der Waals surface area (Å²) in [5.74, 6) is 0. The largest absolute Gasteiger partial charge is 0.456 e. The highest BCUT2D eigenvalue weighted by molar-refractivity contribution is 6.13. The second kappa shape index (κ2) is 15.9. The highest BCUT2D eigenvalue weighted by Crippen LogP contribution is 2.42. The van der Waals surface area contributed by atoms with Gasteiger partial charge in [-0.15, -0.1) is 0 Å². The summed E-state index contributed by atoms with van der Waals surface area (Å²) in [4.78, 5) is 2.36. The molecule has 0 bridgehead atoms. The predicted octanol–water partition coefficient (Wildman–Crippen LogP) is 16.3. The lowest BCUT2D eigenvalue weighted by Gasteiger charge is -2.27. The first-order chi connectivity index (χ1) is 29.6. The smallest absolute Gasteiger partial charge is 0.136 e. The SMILES string of the molecule is Cc1ccccc1-c1cc(N(c2ccccc2)c2cccc(-c3cccc(-c4ccc5c(c4)oc4cccc(/C(=C/c6ccccc6)c6ccccc6)c45)c3)c2)ccc1C. The van der Waals surface area contributed by atoms with Crippen LogP contribution in [0.2, 0.25) is 0 Å². The van der Waals surface area contributed by atoms with Crippen LogP contribution in [0.15, 0.2) is 223 Å². The van der Waals surface area contributed by atoms with Crippen molar-refractivity contribution in [2.75, 3.05) is 4.90 Å². The fourth-order valence-corrected chi connectivity index (χ4v) is 8.52. The number of para-hydroxylation sites is 1. The van der Waals surface area contributed by atoms with Gasteiger partial charge in [0.1, 0.15) is 11.2 Å². The fourth-order valence-electron chi connectivity index (χ4n) is 8.52. The molecular weight excluding hydrogens is 727 g/mol. The third-order valence-electron chi connectivity index (χ3n) is 11.5. The molecule has 0 N–H and O–H groups in total. The van der Waals surface area contributed by atoms with Crippen LogP contribution < -0.4 is 4.90 Å². The third kappa shape index (κ3) is 7.10. The molecule has 0 saturated carbocycles. The molecule has 0 atom stereocenters. The van der Waals surface area contributed by atoms with Crippen molar-refractivity contribution >= 4 is 50.6 Å². The quantitative estimate of drug-likeness (QED) is 0.136. The fraction of sp³-hybridized carbons (Fsp3) is 0.0345. The van der Waals surface area contributed by atoms with Gasteiger partial charge in [0.15, 0.2) is 0 Å². The molecule has 1 aromatic heterocycles. The van der Waals surface area contributed by atoms with Gasteiger partial charge >= 0.3 is 0 Å². The lowest BCUT2D eigenvalue weighted by atomic mass is 9.92. The summed E-state index contributed by atoms with van der Waals surface area (Å²) in [6, 6.07) is 78.0. The average Bonchev–Trinajstić information content (AvgIpc) is 3.69. The van der Waals surface area contributed by atoms with Crippen molar-refractivity contribution in [2.45, 2.75) is 13.8 Å². The van der Waals surface area contributed by atoms with Gasteiger partial charge in [-0.1, -0.05) is 158 Å². The number of anilines is 3. The standard InChI is InChI=1S/C58H43NO/c1-40-17-12-13-28-51(40)54-39-50(33-31-41(54)2)59(48-25-10-5-11-26-48)49-27-15-24-46(37-49)44-22-14-23-45(36-44)47-32-34-53-57(38-47)60-56-30-16-29-52(58(53)56)55(43-20-8-4-9-21-43)35-42-18-6-3-7-19-42/h3-39H,1-2H3/b55-35+. The summed E-state index contributed by atoms with van der Waals surface area (Å²) < 4.78 is 6.65. The molecule has 2 heteroatoms. The summed E-state index contributed by atoms with van der Waals surface area (Å²) in [5.41, 5.74) is 19.3. The Kier molecular flexibility index (Phi) is 9.73. The summed E-state index contributed by atoms with van der Waals surface area (Å²) in [6.45, 7) is 4.38. The van der Waals surface area contributed by atoms with Crippen molar-refractivity contribution in [3.63, 3.8) is 0 Å². The van der Waals surface area contributed by atoms with Gasteiger partial charge in [0.05, 0.1) is 0 Å². The van der Waals surface area contributed by atoms with Gasteiger partial charge in [-0.05, 0) is 147 Å². The number of benzene rings is 9. The minimum atomic E-state index is 0.871. The second-order valence-corrected chi connectivity index (χ2v) is 15.4. The molecule has 286 valence electrons. The highest BCUT2D eigenvalue weighted by atomic mass is 16.3. The van der Waals surface area contributed by atoms with Crippen LogP contribution in [0.25, 0.3) is 67.0 Å². The number of hydrogen-bond donors (Lipinski definition) is 0. The van der Waals surface area contributed by atoms with Crippen molar-refractivity contribution in [1.29, 1.82) is 0 Å². The van der Waals surface area contributed by atoms with Crippen LogP contribution in [-0.2, 0) is 0 Å². The van der Waals surface area contributed by atoms with Crippen LogP contribution in [0.3, 0.4) is 0 Å². The van der Waals surface area contributed by atoms with E-state index >= 15 is 0 Å². The molecule has 10 rings (SSSR count). The maximum absolute atomic E-state index is 6.65. The number of aryl methyl sites for hydroxylation is 2. The van der Waals surface area contributed by atoms with E-state index in [9.17, 15) is 0 Å². The van der Waals surface area contributed by atoms with E-state index in [0.29, 0.717) is 0 Å². The van der Waals surface area contributed by atoms with Crippen LogP contribution in [0.5, 0.6) is 0 Å². The lowest BCUT2D eigenvalue weighted by molar-refractivity contribution is 0.669. The maximum Gasteiger partial charge on any atom is 0.136 e. The minimum absolute atomic E-state index is 0.871. The van der Waals surface area contributed by atoms with Crippen molar-refractivity contribution in [3.05, 3.63) is 246 Å². The molecule has 0 radical (unpaired) electrons. The topological polar surface area (TPSA) is 16.4 Å². The Labute approximate surface area is 352 Å². The third-order valence-corrected chi connectivity index (χ3v) is 11.5. The Hall–Kier alpha value is -7.68. The molecule has 0 fully saturated rings. The van der Waals surface area contributed by atoms with Gasteiger partial charge in [-0.2, -0.15) is 0 Å². The first kappa shape index (κ1) is 36.6. The van der Waals surface area contributed by atoms with Crippen molar-refractivity contribution in [3.8, 4) is 33.4 Å². The number of rotatable bonds is 9. The molecule has 0 amide bonds. The van der Waals surface area contributed by atoms with Crippen LogP contribution in [0, 0.1) is 13.8 Å². The van der Waals surface area contributed by atoms with Crippen LogP contribution in [0.4, 0.5) is 17.1 Å². The normalized spacial score (nSPS) is 11.6. The minimum Gasteiger partial charge on any atom is -0.456 e. The van der Waals surface area contributed by atoms with E-state index in [0.717, 1.165) is 78.0 Å². The Morgan fingerprint density at radius 2 is 1.02 bits per heavy atom. The Morgan fingerprint density at radius 3 is 1.78 bits per heavy atom. The zero-order chi connectivity index (χ0) is 40.4. The number of nitrogens with zero attached hydrogens (tertiary/aromatic N) is 1. The maximum atomic E-state index is 6.65. The molecule has 0 aliphatic carbocycles. The monoisotopic (exact) mass is 769 g/mol. The van der Waals surface area contributed by atoms with E-state index in [1.165, 1.54) is 27.8 Å². The Balaban J connectivity index is 1.03. The average molecular weight is 770 g/mol. The van der Waals surface area contributed by atoms with Gasteiger partial charge in [-0.3, -0.25) is 0 Å². The van der Waals surface area contributed by atoms with Crippen molar-refractivity contribution in [1.82, 2.24) is 0 Å². The zero-order valence-electron chi connectivity index (χ0n) is 33.7. The molecular formula is C58H43NO. The van der Waals surface area contributed by atoms with Crippen molar-refractivity contribution in [2.24, 2.45) is 0 Å². The number of hydrogen-bond acceptors (Lipinski definition) is 2. The molecule has 9 aromatic carbocycles. The van der Waals surface area contributed by atoms with Gasteiger partial charge < -0.3 is 9.32 Å². The summed E-state index contributed by atoms with van der Waals surface area (Å²) >= 11 is 0. The van der Waals surface area contributed by atoms with E-state index in [1.807, 2.05) is 0 Å². The van der Waals surface area contributed by atoms with Crippen LogP contribution in [0.1, 0.15) is 27.8 Å². The molecule has 10 aromatic rings. The molecule has 0 aliphatic heterocycles. The lowest BCUT2D eigenvalue weighted by Crippen LogP contribution is -2.10. The molecule has 1 heterocycles. The Morgan fingerprint density at radius 1 is 0.417 bits per heavy atom. The molecule has 0 unspecified atom stereocenters. The number of fused-ring (bicyclic) bond motifs is 3. The first-order valence-corrected chi connectivity index (χ1v) is 20.6. The molecule has 60 heavy (non-hydrogen) atoms. The zero-order valence-corrected chi connectivity index (χ0v) is 33.7. The summed E-state index contributed by atoms with van der Waals surface area (Å²) in [7, 11) is 0. The van der Waals surface area contributed by atoms with Gasteiger partial charge in [-0.25, -0.2) is 0 Å². The molecule has 0 spiro atoms. The number of furan rings is 1. The molecule has 0 aliphatic rings. The highest BCUT2D eigenvalue weighted by Gasteiger charge is 2.18. The van der Waals surface area contributed by atoms with Gasteiger partial charge in [0.25, 0.3) is 0 Å². The van der Waals surface area contributed by atoms with Crippen LogP contribution in [-0.4, -0.2) is 0 Å². The van der Waals surface area contributed by atoms with Gasteiger partial charge in [0.2, 0.25) is 0 Å². The van der Waals surface area contributed by atoms with Gasteiger partial charge in [0, 0.05) is 27.8 Å². The van der Waals surface area contributed by atoms with E-state index in [2.05, 4.69) is 243 Å². The Bertz CT molecular complexity index is 3160. The summed E-state index contributed by atoms with van der Waals surface area (Å²) in [6.07, 6.45) is 2.28. The summed E-state index contributed by atoms with van der Waals surface area (Å²) in [5, 5.41) is 2.23. The second-order valence-electron chi connectivity index (χ2n) is 15.4.